The minimum atomic E-state index is -0.0565. The summed E-state index contributed by atoms with van der Waals surface area (Å²) in [5, 5.41) is 2.89. The van der Waals surface area contributed by atoms with Gasteiger partial charge in [-0.1, -0.05) is 41.4 Å². The average Bonchev–Trinajstić information content (AvgIpc) is 2.78. The molecule has 1 N–H and O–H groups in total. The van der Waals surface area contributed by atoms with Crippen LogP contribution >= 0.6 is 22.9 Å². The minimum absolute atomic E-state index is 0.0565. The molecule has 18 heavy (non-hydrogen) atoms. The van der Waals surface area contributed by atoms with Gasteiger partial charge in [0, 0.05) is 6.54 Å². The molecule has 2 aromatic rings. The first-order valence-electron chi connectivity index (χ1n) is 5.74. The Hall–Kier alpha value is -1.32. The van der Waals surface area contributed by atoms with E-state index in [1.165, 1.54) is 22.5 Å². The summed E-state index contributed by atoms with van der Waals surface area (Å²) in [7, 11) is 0. The van der Waals surface area contributed by atoms with Crippen LogP contribution < -0.4 is 5.32 Å². The summed E-state index contributed by atoms with van der Waals surface area (Å²) in [6.45, 7) is 2.70. The Morgan fingerprint density at radius 3 is 2.56 bits per heavy atom. The Morgan fingerprint density at radius 2 is 1.94 bits per heavy atom. The van der Waals surface area contributed by atoms with Crippen LogP contribution in [0.1, 0.15) is 20.8 Å². The molecular formula is C14H14ClNOS. The topological polar surface area (TPSA) is 29.1 Å². The van der Waals surface area contributed by atoms with E-state index in [2.05, 4.69) is 36.5 Å². The number of thiophene rings is 1. The van der Waals surface area contributed by atoms with Crippen LogP contribution in [0.2, 0.25) is 4.34 Å². The van der Waals surface area contributed by atoms with Crippen LogP contribution in [0.4, 0.5) is 0 Å². The smallest absolute Gasteiger partial charge is 0.261 e. The van der Waals surface area contributed by atoms with Gasteiger partial charge in [0.05, 0.1) is 9.21 Å². The van der Waals surface area contributed by atoms with Gasteiger partial charge in [-0.2, -0.15) is 0 Å². The second-order valence-corrected chi connectivity index (χ2v) is 5.81. The number of hydrogen-bond donors (Lipinski definition) is 1. The van der Waals surface area contributed by atoms with E-state index in [0.717, 1.165) is 6.42 Å². The van der Waals surface area contributed by atoms with E-state index >= 15 is 0 Å². The minimum Gasteiger partial charge on any atom is -0.351 e. The number of halogens is 1. The zero-order valence-electron chi connectivity index (χ0n) is 10.1. The van der Waals surface area contributed by atoms with Crippen molar-refractivity contribution >= 4 is 28.8 Å². The third-order valence-electron chi connectivity index (χ3n) is 2.62. The fraction of sp³-hybridized carbons (Fsp3) is 0.214. The van der Waals surface area contributed by atoms with Crippen LogP contribution in [-0.4, -0.2) is 12.5 Å². The largest absolute Gasteiger partial charge is 0.351 e. The maximum Gasteiger partial charge on any atom is 0.261 e. The van der Waals surface area contributed by atoms with Crippen molar-refractivity contribution in [1.29, 1.82) is 0 Å². The van der Waals surface area contributed by atoms with Crippen molar-refractivity contribution in [2.75, 3.05) is 6.54 Å². The molecule has 0 aliphatic rings. The third kappa shape index (κ3) is 3.59. The molecule has 0 unspecified atom stereocenters. The molecule has 0 fully saturated rings. The maximum absolute atomic E-state index is 11.7. The van der Waals surface area contributed by atoms with E-state index in [9.17, 15) is 4.79 Å². The highest BCUT2D eigenvalue weighted by Crippen LogP contribution is 2.21. The van der Waals surface area contributed by atoms with Crippen molar-refractivity contribution in [2.24, 2.45) is 0 Å². The number of benzene rings is 1. The zero-order valence-corrected chi connectivity index (χ0v) is 11.6. The van der Waals surface area contributed by atoms with Crippen LogP contribution in [0.25, 0.3) is 0 Å². The number of amides is 1. The Bertz CT molecular complexity index is 533. The predicted octanol–water partition coefficient (Wildman–Crippen LogP) is 3.68. The molecule has 0 saturated carbocycles. The quantitative estimate of drug-likeness (QED) is 0.909. The lowest BCUT2D eigenvalue weighted by atomic mass is 10.1. The third-order valence-corrected chi connectivity index (χ3v) is 3.85. The van der Waals surface area contributed by atoms with E-state index in [0.29, 0.717) is 15.8 Å². The standard InChI is InChI=1S/C14H14ClNOS/c1-10-2-4-11(5-3-10)8-9-16-14(17)12-6-7-13(15)18-12/h2-7H,8-9H2,1H3,(H,16,17). The van der Waals surface area contributed by atoms with E-state index in [-0.39, 0.29) is 5.91 Å². The summed E-state index contributed by atoms with van der Waals surface area (Å²) in [5.74, 6) is -0.0565. The fourth-order valence-corrected chi connectivity index (χ4v) is 2.56. The van der Waals surface area contributed by atoms with Crippen LogP contribution in [-0.2, 0) is 6.42 Å². The molecule has 0 bridgehead atoms. The molecule has 1 aromatic carbocycles. The highest BCUT2D eigenvalue weighted by molar-refractivity contribution is 7.17. The van der Waals surface area contributed by atoms with E-state index in [1.54, 1.807) is 12.1 Å². The zero-order chi connectivity index (χ0) is 13.0. The number of hydrogen-bond acceptors (Lipinski definition) is 2. The molecule has 2 nitrogen and oxygen atoms in total. The molecule has 1 amide bonds. The predicted molar refractivity (Wildman–Crippen MR) is 76.5 cm³/mol. The van der Waals surface area contributed by atoms with Crippen molar-refractivity contribution in [2.45, 2.75) is 13.3 Å². The molecule has 0 radical (unpaired) electrons. The monoisotopic (exact) mass is 279 g/mol. The van der Waals surface area contributed by atoms with Gasteiger partial charge < -0.3 is 5.32 Å². The second-order valence-electron chi connectivity index (χ2n) is 4.10. The summed E-state index contributed by atoms with van der Waals surface area (Å²) in [5.41, 5.74) is 2.47. The summed E-state index contributed by atoms with van der Waals surface area (Å²) in [6, 6.07) is 11.8. The SMILES string of the molecule is Cc1ccc(CCNC(=O)c2ccc(Cl)s2)cc1. The molecular weight excluding hydrogens is 266 g/mol. The normalized spacial score (nSPS) is 10.3. The van der Waals surface area contributed by atoms with Crippen LogP contribution in [0.5, 0.6) is 0 Å². The Kier molecular flexibility index (Phi) is 4.39. The first-order valence-corrected chi connectivity index (χ1v) is 6.93. The van der Waals surface area contributed by atoms with Crippen molar-refractivity contribution in [3.63, 3.8) is 0 Å². The number of rotatable bonds is 4. The first kappa shape index (κ1) is 13.1. The van der Waals surface area contributed by atoms with Crippen LogP contribution in [0, 0.1) is 6.92 Å². The van der Waals surface area contributed by atoms with Crippen molar-refractivity contribution in [1.82, 2.24) is 5.32 Å². The van der Waals surface area contributed by atoms with Crippen LogP contribution in [0.15, 0.2) is 36.4 Å². The summed E-state index contributed by atoms with van der Waals surface area (Å²) in [4.78, 5) is 12.4. The highest BCUT2D eigenvalue weighted by Gasteiger charge is 2.07. The molecule has 0 saturated heterocycles. The van der Waals surface area contributed by atoms with E-state index in [4.69, 9.17) is 11.6 Å². The Balaban J connectivity index is 1.82. The lowest BCUT2D eigenvalue weighted by Gasteiger charge is -2.04. The molecule has 1 aromatic heterocycles. The molecule has 2 rings (SSSR count). The maximum atomic E-state index is 11.7. The van der Waals surface area contributed by atoms with Crippen molar-refractivity contribution in [3.8, 4) is 0 Å². The van der Waals surface area contributed by atoms with Gasteiger partial charge in [-0.15, -0.1) is 11.3 Å². The van der Waals surface area contributed by atoms with Crippen LogP contribution in [0.3, 0.4) is 0 Å². The average molecular weight is 280 g/mol. The molecule has 0 atom stereocenters. The number of carbonyl (C=O) groups is 1. The summed E-state index contributed by atoms with van der Waals surface area (Å²) >= 11 is 7.09. The Labute approximate surface area is 116 Å². The lowest BCUT2D eigenvalue weighted by Crippen LogP contribution is -2.24. The Morgan fingerprint density at radius 1 is 1.22 bits per heavy atom. The molecule has 1 heterocycles. The van der Waals surface area contributed by atoms with E-state index < -0.39 is 0 Å². The first-order chi connectivity index (χ1) is 8.65. The van der Waals surface area contributed by atoms with Gasteiger partial charge in [0.1, 0.15) is 0 Å². The number of nitrogens with one attached hydrogen (secondary N) is 1. The van der Waals surface area contributed by atoms with Gasteiger partial charge in [-0.05, 0) is 31.0 Å². The summed E-state index contributed by atoms with van der Waals surface area (Å²) < 4.78 is 0.638. The van der Waals surface area contributed by atoms with Gasteiger partial charge in [0.15, 0.2) is 0 Å². The molecule has 0 aliphatic heterocycles. The molecule has 94 valence electrons. The fourth-order valence-electron chi connectivity index (χ4n) is 1.60. The lowest BCUT2D eigenvalue weighted by molar-refractivity contribution is 0.0958. The molecule has 4 heteroatoms. The van der Waals surface area contributed by atoms with Gasteiger partial charge in [-0.25, -0.2) is 0 Å². The van der Waals surface area contributed by atoms with Gasteiger partial charge in [0.25, 0.3) is 5.91 Å². The van der Waals surface area contributed by atoms with Crippen molar-refractivity contribution in [3.05, 3.63) is 56.7 Å². The van der Waals surface area contributed by atoms with Gasteiger partial charge in [0.2, 0.25) is 0 Å². The van der Waals surface area contributed by atoms with E-state index in [1.807, 2.05) is 0 Å². The summed E-state index contributed by atoms with van der Waals surface area (Å²) in [6.07, 6.45) is 0.838. The van der Waals surface area contributed by atoms with Gasteiger partial charge >= 0.3 is 0 Å². The molecule has 0 aliphatic carbocycles. The number of aryl methyl sites for hydroxylation is 1. The highest BCUT2D eigenvalue weighted by atomic mass is 35.5. The molecule has 0 spiro atoms. The van der Waals surface area contributed by atoms with Crippen molar-refractivity contribution < 1.29 is 4.79 Å². The number of carbonyl (C=O) groups excluding carboxylic acids is 1. The van der Waals surface area contributed by atoms with Gasteiger partial charge in [-0.3, -0.25) is 4.79 Å². The second kappa shape index (κ2) is 6.03.